The molecule has 0 aliphatic heterocycles. The minimum Gasteiger partial charge on any atom is -0.310 e. The summed E-state index contributed by atoms with van der Waals surface area (Å²) in [6.45, 7) is 2.39. The third kappa shape index (κ3) is 5.08. The Hall–Kier alpha value is -6.70. The monoisotopic (exact) mass is 675 g/mol. The summed E-state index contributed by atoms with van der Waals surface area (Å²) in [5.74, 6) is 0. The van der Waals surface area contributed by atoms with Crippen LogP contribution in [-0.4, -0.2) is 0 Å². The van der Waals surface area contributed by atoms with Crippen molar-refractivity contribution >= 4 is 38.6 Å². The molecule has 0 saturated carbocycles. The summed E-state index contributed by atoms with van der Waals surface area (Å²) in [5, 5.41) is 5.04. The van der Waals surface area contributed by atoms with Gasteiger partial charge in [0.05, 0.1) is 0 Å². The van der Waals surface area contributed by atoms with E-state index in [0.29, 0.717) is 0 Å². The van der Waals surface area contributed by atoms with Gasteiger partial charge in [0.25, 0.3) is 0 Å². The minimum atomic E-state index is -0.286. The summed E-state index contributed by atoms with van der Waals surface area (Å²) in [4.78, 5) is 2.40. The van der Waals surface area contributed by atoms with Gasteiger partial charge in [-0.25, -0.2) is 0 Å². The van der Waals surface area contributed by atoms with E-state index < -0.39 is 0 Å². The smallest absolute Gasteiger partial charge is 0.0464 e. The summed E-state index contributed by atoms with van der Waals surface area (Å²) in [7, 11) is 0. The Balaban J connectivity index is 1.11. The van der Waals surface area contributed by atoms with E-state index in [1.54, 1.807) is 0 Å². The molecule has 0 aromatic heterocycles. The van der Waals surface area contributed by atoms with E-state index in [1.807, 2.05) is 0 Å². The Kier molecular flexibility index (Phi) is 7.33. The third-order valence-corrected chi connectivity index (χ3v) is 11.4. The van der Waals surface area contributed by atoms with Gasteiger partial charge < -0.3 is 4.90 Å². The average Bonchev–Trinajstić information content (AvgIpc) is 3.50. The van der Waals surface area contributed by atoms with Crippen LogP contribution >= 0.6 is 0 Å². The molecule has 9 aromatic rings. The van der Waals surface area contributed by atoms with Crippen molar-refractivity contribution in [1.82, 2.24) is 0 Å². The predicted octanol–water partition coefficient (Wildman–Crippen LogP) is 14.1. The van der Waals surface area contributed by atoms with Crippen molar-refractivity contribution in [3.63, 3.8) is 0 Å². The standard InChI is InChI=1S/C52H37N/c1-52(50-25-8-6-21-48(50)49-22-7-9-26-51(49)52)40-17-12-18-43(35-40)53(41-31-27-38(28-32-41)46-23-10-15-36-13-2-4-19-44(36)46)42-33-29-39(30-34-42)47-24-11-16-37-14-3-5-20-45(37)47/h2-35H,1H3. The zero-order chi connectivity index (χ0) is 35.4. The SMILES string of the molecule is CC1(c2cccc(N(c3ccc(-c4cccc5ccccc45)cc3)c3ccc(-c4cccc5ccccc45)cc3)c2)c2ccccc2-c2ccccc21. The lowest BCUT2D eigenvalue weighted by Crippen LogP contribution is -2.23. The second kappa shape index (κ2) is 12.5. The summed E-state index contributed by atoms with van der Waals surface area (Å²) in [6, 6.07) is 75.5. The molecule has 53 heavy (non-hydrogen) atoms. The molecule has 0 bridgehead atoms. The van der Waals surface area contributed by atoms with Crippen molar-refractivity contribution in [1.29, 1.82) is 0 Å². The normalized spacial score (nSPS) is 12.8. The summed E-state index contributed by atoms with van der Waals surface area (Å²) in [6.07, 6.45) is 0. The fourth-order valence-electron chi connectivity index (χ4n) is 8.70. The first-order chi connectivity index (χ1) is 26.2. The molecule has 1 nitrogen and oxygen atoms in total. The summed E-state index contributed by atoms with van der Waals surface area (Å²) >= 11 is 0. The average molecular weight is 676 g/mol. The lowest BCUT2D eigenvalue weighted by molar-refractivity contribution is 0.714. The molecule has 0 N–H and O–H groups in total. The van der Waals surface area contributed by atoms with Gasteiger partial charge in [0, 0.05) is 22.5 Å². The van der Waals surface area contributed by atoms with Gasteiger partial charge in [-0.1, -0.05) is 170 Å². The lowest BCUT2D eigenvalue weighted by atomic mass is 9.74. The lowest BCUT2D eigenvalue weighted by Gasteiger charge is -2.31. The number of fused-ring (bicyclic) bond motifs is 5. The second-order valence-corrected chi connectivity index (χ2v) is 14.2. The van der Waals surface area contributed by atoms with Crippen molar-refractivity contribution < 1.29 is 0 Å². The first-order valence-corrected chi connectivity index (χ1v) is 18.4. The molecular formula is C52H37N. The molecule has 0 amide bonds. The highest BCUT2D eigenvalue weighted by Gasteiger charge is 2.40. The van der Waals surface area contributed by atoms with Crippen LogP contribution < -0.4 is 4.90 Å². The first kappa shape index (κ1) is 31.1. The van der Waals surface area contributed by atoms with Crippen molar-refractivity contribution in [2.24, 2.45) is 0 Å². The van der Waals surface area contributed by atoms with Crippen LogP contribution in [0, 0.1) is 0 Å². The van der Waals surface area contributed by atoms with E-state index in [0.717, 1.165) is 17.1 Å². The molecule has 0 atom stereocenters. The van der Waals surface area contributed by atoms with Crippen LogP contribution in [0.15, 0.2) is 206 Å². The molecule has 10 rings (SSSR count). The van der Waals surface area contributed by atoms with Gasteiger partial charge in [-0.05, 0) is 115 Å². The Bertz CT molecular complexity index is 2610. The third-order valence-electron chi connectivity index (χ3n) is 11.4. The van der Waals surface area contributed by atoms with Gasteiger partial charge in [0.15, 0.2) is 0 Å². The van der Waals surface area contributed by atoms with Crippen molar-refractivity contribution in [3.05, 3.63) is 223 Å². The van der Waals surface area contributed by atoms with Crippen LogP contribution in [0.1, 0.15) is 23.6 Å². The number of nitrogens with zero attached hydrogens (tertiary/aromatic N) is 1. The van der Waals surface area contributed by atoms with Crippen LogP contribution in [0.3, 0.4) is 0 Å². The molecule has 250 valence electrons. The van der Waals surface area contributed by atoms with Gasteiger partial charge in [-0.15, -0.1) is 0 Å². The van der Waals surface area contributed by atoms with E-state index in [4.69, 9.17) is 0 Å². The molecule has 1 heteroatoms. The number of rotatable bonds is 6. The van der Waals surface area contributed by atoms with E-state index in [2.05, 4.69) is 218 Å². The van der Waals surface area contributed by atoms with E-state index in [-0.39, 0.29) is 5.41 Å². The van der Waals surface area contributed by atoms with Gasteiger partial charge in [-0.3, -0.25) is 0 Å². The maximum Gasteiger partial charge on any atom is 0.0464 e. The second-order valence-electron chi connectivity index (χ2n) is 14.2. The molecule has 1 aliphatic rings. The summed E-state index contributed by atoms with van der Waals surface area (Å²) < 4.78 is 0. The van der Waals surface area contributed by atoms with Crippen LogP contribution in [-0.2, 0) is 5.41 Å². The fraction of sp³-hybridized carbons (Fsp3) is 0.0385. The first-order valence-electron chi connectivity index (χ1n) is 18.4. The van der Waals surface area contributed by atoms with Gasteiger partial charge in [0.1, 0.15) is 0 Å². The van der Waals surface area contributed by atoms with Crippen LogP contribution in [0.4, 0.5) is 17.1 Å². The predicted molar refractivity (Wildman–Crippen MR) is 224 cm³/mol. The highest BCUT2D eigenvalue weighted by molar-refractivity contribution is 5.98. The number of hydrogen-bond acceptors (Lipinski definition) is 1. The van der Waals surface area contributed by atoms with Crippen LogP contribution in [0.2, 0.25) is 0 Å². The maximum atomic E-state index is 2.40. The highest BCUT2D eigenvalue weighted by atomic mass is 15.1. The van der Waals surface area contributed by atoms with Crippen molar-refractivity contribution in [3.8, 4) is 33.4 Å². The van der Waals surface area contributed by atoms with E-state index in [9.17, 15) is 0 Å². The number of anilines is 3. The Labute approximate surface area is 311 Å². The van der Waals surface area contributed by atoms with Gasteiger partial charge in [0.2, 0.25) is 0 Å². The zero-order valence-electron chi connectivity index (χ0n) is 29.6. The zero-order valence-corrected chi connectivity index (χ0v) is 29.6. The summed E-state index contributed by atoms with van der Waals surface area (Å²) in [5.41, 5.74) is 14.6. The molecule has 0 unspecified atom stereocenters. The van der Waals surface area contributed by atoms with E-state index >= 15 is 0 Å². The molecular weight excluding hydrogens is 639 g/mol. The molecule has 0 spiro atoms. The molecule has 0 fully saturated rings. The van der Waals surface area contributed by atoms with Crippen LogP contribution in [0.25, 0.3) is 54.9 Å². The largest absolute Gasteiger partial charge is 0.310 e. The van der Waals surface area contributed by atoms with Crippen LogP contribution in [0.5, 0.6) is 0 Å². The molecule has 0 heterocycles. The molecule has 1 aliphatic carbocycles. The van der Waals surface area contributed by atoms with Gasteiger partial charge >= 0.3 is 0 Å². The van der Waals surface area contributed by atoms with Crippen molar-refractivity contribution in [2.45, 2.75) is 12.3 Å². The molecule has 0 saturated heterocycles. The van der Waals surface area contributed by atoms with Crippen molar-refractivity contribution in [2.75, 3.05) is 4.90 Å². The number of benzene rings is 9. The Morgan fingerprint density at radius 2 is 0.755 bits per heavy atom. The molecule has 9 aromatic carbocycles. The molecule has 0 radical (unpaired) electrons. The quantitative estimate of drug-likeness (QED) is 0.170. The van der Waals surface area contributed by atoms with Gasteiger partial charge in [-0.2, -0.15) is 0 Å². The minimum absolute atomic E-state index is 0.286. The Morgan fingerprint density at radius 1 is 0.340 bits per heavy atom. The van der Waals surface area contributed by atoms with E-state index in [1.165, 1.54) is 71.6 Å². The maximum absolute atomic E-state index is 2.40. The highest BCUT2D eigenvalue weighted by Crippen LogP contribution is 2.53. The number of hydrogen-bond donors (Lipinski definition) is 0. The Morgan fingerprint density at radius 3 is 1.28 bits per heavy atom. The topological polar surface area (TPSA) is 3.24 Å². The fourth-order valence-corrected chi connectivity index (χ4v) is 8.70.